The fourth-order valence-electron chi connectivity index (χ4n) is 3.07. The summed E-state index contributed by atoms with van der Waals surface area (Å²) in [5, 5.41) is 7.22. The van der Waals surface area contributed by atoms with Gasteiger partial charge in [0.15, 0.2) is 5.96 Å². The number of thioether (sulfide) groups is 1. The summed E-state index contributed by atoms with van der Waals surface area (Å²) in [4.78, 5) is 5.61. The lowest BCUT2D eigenvalue weighted by Gasteiger charge is -2.30. The van der Waals surface area contributed by atoms with Gasteiger partial charge in [0, 0.05) is 46.3 Å². The van der Waals surface area contributed by atoms with Gasteiger partial charge in [0.25, 0.3) is 0 Å². The van der Waals surface area contributed by atoms with Gasteiger partial charge in [-0.05, 0) is 43.2 Å². The highest BCUT2D eigenvalue weighted by Crippen LogP contribution is 2.23. The van der Waals surface area contributed by atoms with E-state index in [2.05, 4.69) is 46.1 Å². The molecule has 3 atom stereocenters. The lowest BCUT2D eigenvalue weighted by Crippen LogP contribution is -2.46. The Hall–Kier alpha value is -1.01. The molecule has 0 heterocycles. The van der Waals surface area contributed by atoms with E-state index in [0.29, 0.717) is 11.3 Å². The molecule has 0 saturated heterocycles. The molecule has 134 valence electrons. The first-order valence-electron chi connectivity index (χ1n) is 8.63. The molecule has 2 N–H and O–H groups in total. The summed E-state index contributed by atoms with van der Waals surface area (Å²) in [5.41, 5.74) is 1.24. The number of guanidine groups is 1. The Morgan fingerprint density at radius 3 is 2.71 bits per heavy atom. The predicted octanol–water partition coefficient (Wildman–Crippen LogP) is 3.15. The van der Waals surface area contributed by atoms with E-state index < -0.39 is 10.8 Å². The monoisotopic (exact) mass is 367 g/mol. The summed E-state index contributed by atoms with van der Waals surface area (Å²) >= 11 is 1.75. The summed E-state index contributed by atoms with van der Waals surface area (Å²) in [6.45, 7) is 2.77. The zero-order valence-corrected chi connectivity index (χ0v) is 16.5. The van der Waals surface area contributed by atoms with Crippen LogP contribution in [0.25, 0.3) is 0 Å². The van der Waals surface area contributed by atoms with Crippen molar-refractivity contribution in [3.05, 3.63) is 29.8 Å². The van der Waals surface area contributed by atoms with Crippen molar-refractivity contribution >= 4 is 28.5 Å². The minimum Gasteiger partial charge on any atom is -0.354 e. The van der Waals surface area contributed by atoms with Gasteiger partial charge in [0.1, 0.15) is 0 Å². The summed E-state index contributed by atoms with van der Waals surface area (Å²) in [7, 11) is 1.11. The van der Waals surface area contributed by atoms with Gasteiger partial charge in [-0.2, -0.15) is 0 Å². The van der Waals surface area contributed by atoms with Gasteiger partial charge in [-0.3, -0.25) is 9.20 Å². The largest absolute Gasteiger partial charge is 0.354 e. The maximum absolute atomic E-state index is 12.1. The van der Waals surface area contributed by atoms with E-state index in [9.17, 15) is 4.21 Å². The van der Waals surface area contributed by atoms with Crippen LogP contribution in [-0.2, 0) is 17.3 Å². The summed E-state index contributed by atoms with van der Waals surface area (Å²) in [6.07, 6.45) is 6.42. The molecule has 1 aromatic rings. The number of aliphatic imine (C=N–C) groups is 1. The molecule has 0 bridgehead atoms. The molecule has 4 nitrogen and oxygen atoms in total. The average molecular weight is 368 g/mol. The third-order valence-corrected chi connectivity index (χ3v) is 6.95. The van der Waals surface area contributed by atoms with Crippen LogP contribution in [0.4, 0.5) is 0 Å². The standard InChI is InChI=1S/C18H29N3OS2/c1-4-24(22)17-7-5-6-15(12-17)21-18(19-2)20-13-14-8-10-16(23-3)11-9-14/h8-11,15,17H,4-7,12-13H2,1-3H3,(H2,19,20,21). The second-order valence-electron chi connectivity index (χ2n) is 6.07. The molecule has 3 unspecified atom stereocenters. The third-order valence-electron chi connectivity index (χ3n) is 4.47. The second-order valence-corrected chi connectivity index (χ2v) is 8.96. The number of benzene rings is 1. The third kappa shape index (κ3) is 5.81. The number of hydrogen-bond donors (Lipinski definition) is 2. The fourth-order valence-corrected chi connectivity index (χ4v) is 4.82. The maximum Gasteiger partial charge on any atom is 0.191 e. The first-order valence-corrected chi connectivity index (χ1v) is 11.2. The van der Waals surface area contributed by atoms with Crippen LogP contribution in [0.2, 0.25) is 0 Å². The molecule has 1 aromatic carbocycles. The SMILES string of the molecule is CCS(=O)C1CCCC(NC(=NC)NCc2ccc(SC)cc2)C1. The highest BCUT2D eigenvalue weighted by molar-refractivity contribution is 7.98. The Balaban J connectivity index is 1.84. The molecule has 24 heavy (non-hydrogen) atoms. The van der Waals surface area contributed by atoms with Crippen molar-refractivity contribution in [1.82, 2.24) is 10.6 Å². The van der Waals surface area contributed by atoms with Crippen LogP contribution in [-0.4, -0.2) is 40.5 Å². The normalized spacial score (nSPS) is 22.9. The number of hydrogen-bond acceptors (Lipinski definition) is 3. The molecule has 0 spiro atoms. The molecule has 0 aliphatic heterocycles. The Labute approximate surface area is 152 Å². The van der Waals surface area contributed by atoms with Gasteiger partial charge in [-0.25, -0.2) is 0 Å². The van der Waals surface area contributed by atoms with E-state index in [1.54, 1.807) is 18.8 Å². The lowest BCUT2D eigenvalue weighted by atomic mass is 9.95. The summed E-state index contributed by atoms with van der Waals surface area (Å²) < 4.78 is 12.1. The highest BCUT2D eigenvalue weighted by Gasteiger charge is 2.25. The van der Waals surface area contributed by atoms with Crippen LogP contribution in [0.3, 0.4) is 0 Å². The second kappa shape index (κ2) is 10.1. The van der Waals surface area contributed by atoms with E-state index in [1.807, 2.05) is 6.92 Å². The van der Waals surface area contributed by atoms with Crippen LogP contribution < -0.4 is 10.6 Å². The Bertz CT molecular complexity index is 560. The topological polar surface area (TPSA) is 53.5 Å². The Kier molecular flexibility index (Phi) is 8.12. The predicted molar refractivity (Wildman–Crippen MR) is 106 cm³/mol. The van der Waals surface area contributed by atoms with Crippen LogP contribution in [0.1, 0.15) is 38.2 Å². The van der Waals surface area contributed by atoms with Gasteiger partial charge >= 0.3 is 0 Å². The lowest BCUT2D eigenvalue weighted by molar-refractivity contribution is 0.413. The number of nitrogens with one attached hydrogen (secondary N) is 2. The smallest absolute Gasteiger partial charge is 0.191 e. The zero-order chi connectivity index (χ0) is 17.4. The number of nitrogens with zero attached hydrogens (tertiary/aromatic N) is 1. The van der Waals surface area contributed by atoms with Crippen molar-refractivity contribution < 1.29 is 4.21 Å². The molecule has 1 fully saturated rings. The van der Waals surface area contributed by atoms with E-state index in [4.69, 9.17) is 0 Å². The van der Waals surface area contributed by atoms with Crippen LogP contribution >= 0.6 is 11.8 Å². The molecular weight excluding hydrogens is 338 g/mol. The van der Waals surface area contributed by atoms with Crippen molar-refractivity contribution in [2.75, 3.05) is 19.1 Å². The van der Waals surface area contributed by atoms with Gasteiger partial charge < -0.3 is 10.6 Å². The molecule has 0 radical (unpaired) electrons. The first-order chi connectivity index (χ1) is 11.7. The quantitative estimate of drug-likeness (QED) is 0.461. The molecule has 1 aliphatic rings. The molecule has 6 heteroatoms. The minimum absolute atomic E-state index is 0.332. The van der Waals surface area contributed by atoms with Crippen molar-refractivity contribution in [3.8, 4) is 0 Å². The van der Waals surface area contributed by atoms with E-state index in [1.165, 1.54) is 10.5 Å². The minimum atomic E-state index is -0.690. The van der Waals surface area contributed by atoms with Crippen LogP contribution in [0.15, 0.2) is 34.2 Å². The molecule has 0 amide bonds. The average Bonchev–Trinajstić information content (AvgIpc) is 2.65. The molecule has 1 saturated carbocycles. The van der Waals surface area contributed by atoms with Crippen LogP contribution in [0, 0.1) is 0 Å². The highest BCUT2D eigenvalue weighted by atomic mass is 32.2. The van der Waals surface area contributed by atoms with Crippen molar-refractivity contribution in [2.24, 2.45) is 4.99 Å². The Morgan fingerprint density at radius 2 is 2.08 bits per heavy atom. The van der Waals surface area contributed by atoms with Gasteiger partial charge in [0.05, 0.1) is 0 Å². The number of rotatable bonds is 6. The van der Waals surface area contributed by atoms with E-state index in [-0.39, 0.29) is 0 Å². The molecule has 0 aromatic heterocycles. The summed E-state index contributed by atoms with van der Waals surface area (Å²) in [5.74, 6) is 1.59. The van der Waals surface area contributed by atoms with Crippen molar-refractivity contribution in [2.45, 2.75) is 55.3 Å². The molecular formula is C18H29N3OS2. The van der Waals surface area contributed by atoms with Crippen molar-refractivity contribution in [1.29, 1.82) is 0 Å². The van der Waals surface area contributed by atoms with Crippen LogP contribution in [0.5, 0.6) is 0 Å². The van der Waals surface area contributed by atoms with Gasteiger partial charge in [-0.1, -0.05) is 25.5 Å². The first kappa shape index (κ1) is 19.3. The molecule has 2 rings (SSSR count). The zero-order valence-electron chi connectivity index (χ0n) is 14.9. The van der Waals surface area contributed by atoms with E-state index >= 15 is 0 Å². The van der Waals surface area contributed by atoms with Crippen molar-refractivity contribution in [3.63, 3.8) is 0 Å². The van der Waals surface area contributed by atoms with Gasteiger partial charge in [0.2, 0.25) is 0 Å². The van der Waals surface area contributed by atoms with Gasteiger partial charge in [-0.15, -0.1) is 11.8 Å². The fraction of sp³-hybridized carbons (Fsp3) is 0.611. The van der Waals surface area contributed by atoms with E-state index in [0.717, 1.165) is 43.9 Å². The maximum atomic E-state index is 12.1. The molecule has 1 aliphatic carbocycles. The summed E-state index contributed by atoms with van der Waals surface area (Å²) in [6, 6.07) is 8.94. The Morgan fingerprint density at radius 1 is 1.33 bits per heavy atom.